The molecule has 0 spiro atoms. The van der Waals surface area contributed by atoms with E-state index in [0.29, 0.717) is 6.07 Å². The molecule has 0 unspecified atom stereocenters. The zero-order valence-corrected chi connectivity index (χ0v) is 6.79. The van der Waals surface area contributed by atoms with Gasteiger partial charge in [-0.25, -0.2) is 4.39 Å². The van der Waals surface area contributed by atoms with E-state index in [-0.39, 0.29) is 5.02 Å². The summed E-state index contributed by atoms with van der Waals surface area (Å²) in [6.07, 6.45) is 0. The van der Waals surface area contributed by atoms with E-state index in [4.69, 9.17) is 11.6 Å². The average Bonchev–Trinajstić information content (AvgIpc) is 1.98. The molecule has 0 atom stereocenters. The van der Waals surface area contributed by atoms with E-state index in [2.05, 4.69) is 4.74 Å². The van der Waals surface area contributed by atoms with Gasteiger partial charge in [0.1, 0.15) is 0 Å². The molecule has 13 heavy (non-hydrogen) atoms. The fourth-order valence-electron chi connectivity index (χ4n) is 0.714. The standard InChI is InChI=1S/C7H3ClF4O/c8-3-1-4(9)6(10)5(2-3)13-7(11)12/h1-2,7H. The van der Waals surface area contributed by atoms with Gasteiger partial charge in [-0.1, -0.05) is 11.6 Å². The largest absolute Gasteiger partial charge is 0.432 e. The van der Waals surface area contributed by atoms with Crippen molar-refractivity contribution in [3.05, 3.63) is 28.8 Å². The van der Waals surface area contributed by atoms with Gasteiger partial charge in [0.2, 0.25) is 5.82 Å². The first-order valence-corrected chi connectivity index (χ1v) is 3.48. The van der Waals surface area contributed by atoms with Crippen LogP contribution in [0.2, 0.25) is 5.02 Å². The molecule has 0 saturated heterocycles. The maximum absolute atomic E-state index is 12.7. The van der Waals surface area contributed by atoms with Crippen LogP contribution < -0.4 is 4.74 Å². The number of hydrogen-bond donors (Lipinski definition) is 0. The van der Waals surface area contributed by atoms with E-state index in [1.54, 1.807) is 0 Å². The Balaban J connectivity index is 3.05. The lowest BCUT2D eigenvalue weighted by Crippen LogP contribution is -2.04. The van der Waals surface area contributed by atoms with Crippen molar-refractivity contribution in [2.24, 2.45) is 0 Å². The van der Waals surface area contributed by atoms with Crippen LogP contribution in [0.1, 0.15) is 0 Å². The first kappa shape index (κ1) is 10.1. The Morgan fingerprint density at radius 3 is 2.38 bits per heavy atom. The summed E-state index contributed by atoms with van der Waals surface area (Å²) in [7, 11) is 0. The van der Waals surface area contributed by atoms with Crippen molar-refractivity contribution in [1.82, 2.24) is 0 Å². The summed E-state index contributed by atoms with van der Waals surface area (Å²) in [5.74, 6) is -3.71. The zero-order valence-electron chi connectivity index (χ0n) is 6.03. The minimum absolute atomic E-state index is 0.213. The molecule has 1 rings (SSSR count). The van der Waals surface area contributed by atoms with Gasteiger partial charge in [0, 0.05) is 11.1 Å². The Hall–Kier alpha value is -0.970. The monoisotopic (exact) mass is 214 g/mol. The van der Waals surface area contributed by atoms with Gasteiger partial charge in [0.05, 0.1) is 0 Å². The highest BCUT2D eigenvalue weighted by molar-refractivity contribution is 6.30. The van der Waals surface area contributed by atoms with Gasteiger partial charge in [-0.05, 0) is 6.07 Å². The maximum atomic E-state index is 12.7. The number of hydrogen-bond acceptors (Lipinski definition) is 1. The second-order valence-electron chi connectivity index (χ2n) is 2.08. The molecule has 72 valence electrons. The Labute approximate surface area is 75.9 Å². The van der Waals surface area contributed by atoms with Crippen LogP contribution in [0.5, 0.6) is 5.75 Å². The van der Waals surface area contributed by atoms with Crippen LogP contribution in [-0.2, 0) is 0 Å². The summed E-state index contributed by atoms with van der Waals surface area (Å²) in [5.41, 5.74) is 0. The normalized spacial score (nSPS) is 10.6. The second kappa shape index (κ2) is 3.83. The lowest BCUT2D eigenvalue weighted by Gasteiger charge is -2.05. The molecule has 0 aromatic heterocycles. The summed E-state index contributed by atoms with van der Waals surface area (Å²) >= 11 is 5.27. The third-order valence-corrected chi connectivity index (χ3v) is 1.39. The lowest BCUT2D eigenvalue weighted by molar-refractivity contribution is -0.0525. The van der Waals surface area contributed by atoms with Gasteiger partial charge in [-0.2, -0.15) is 13.2 Å². The molecule has 0 aliphatic heterocycles. The Kier molecular flexibility index (Phi) is 2.98. The molecule has 0 radical (unpaired) electrons. The number of benzene rings is 1. The summed E-state index contributed by atoms with van der Waals surface area (Å²) in [4.78, 5) is 0. The average molecular weight is 215 g/mol. The van der Waals surface area contributed by atoms with Crippen molar-refractivity contribution in [3.63, 3.8) is 0 Å². The fraction of sp³-hybridized carbons (Fsp3) is 0.143. The van der Waals surface area contributed by atoms with E-state index < -0.39 is 24.0 Å². The molecule has 0 aliphatic rings. The van der Waals surface area contributed by atoms with Gasteiger partial charge < -0.3 is 4.74 Å². The summed E-state index contributed by atoms with van der Waals surface area (Å²) in [6, 6.07) is 1.43. The van der Waals surface area contributed by atoms with Crippen LogP contribution in [-0.4, -0.2) is 6.61 Å². The summed E-state index contributed by atoms with van der Waals surface area (Å²) in [5, 5.41) is -0.213. The predicted octanol–water partition coefficient (Wildman–Crippen LogP) is 3.22. The molecule has 0 fully saturated rings. The SMILES string of the molecule is Fc1cc(Cl)cc(OC(F)F)c1F. The van der Waals surface area contributed by atoms with Crippen LogP contribution in [0, 0.1) is 11.6 Å². The predicted molar refractivity (Wildman–Crippen MR) is 38.0 cm³/mol. The van der Waals surface area contributed by atoms with E-state index in [1.165, 1.54) is 0 Å². The van der Waals surface area contributed by atoms with Crippen molar-refractivity contribution in [2.75, 3.05) is 0 Å². The molecule has 6 heteroatoms. The summed E-state index contributed by atoms with van der Waals surface area (Å²) in [6.45, 7) is -3.22. The van der Waals surface area contributed by atoms with E-state index in [9.17, 15) is 17.6 Å². The molecular formula is C7H3ClF4O. The van der Waals surface area contributed by atoms with Crippen molar-refractivity contribution in [3.8, 4) is 5.75 Å². The fourth-order valence-corrected chi connectivity index (χ4v) is 0.909. The van der Waals surface area contributed by atoms with Crippen molar-refractivity contribution in [1.29, 1.82) is 0 Å². The second-order valence-corrected chi connectivity index (χ2v) is 2.51. The van der Waals surface area contributed by atoms with Crippen LogP contribution >= 0.6 is 11.6 Å². The van der Waals surface area contributed by atoms with E-state index in [1.807, 2.05) is 0 Å². The Bertz CT molecular complexity index is 316. The van der Waals surface area contributed by atoms with Gasteiger partial charge in [0.25, 0.3) is 0 Å². The van der Waals surface area contributed by atoms with Crippen molar-refractivity contribution < 1.29 is 22.3 Å². The van der Waals surface area contributed by atoms with Crippen LogP contribution in [0.15, 0.2) is 12.1 Å². The highest BCUT2D eigenvalue weighted by atomic mass is 35.5. The van der Waals surface area contributed by atoms with E-state index >= 15 is 0 Å². The quantitative estimate of drug-likeness (QED) is 0.543. The van der Waals surface area contributed by atoms with Crippen LogP contribution in [0.25, 0.3) is 0 Å². The molecule has 0 saturated carbocycles. The molecule has 0 heterocycles. The van der Waals surface area contributed by atoms with Crippen LogP contribution in [0.4, 0.5) is 17.6 Å². The van der Waals surface area contributed by atoms with Crippen LogP contribution in [0.3, 0.4) is 0 Å². The minimum Gasteiger partial charge on any atom is -0.432 e. The van der Waals surface area contributed by atoms with Gasteiger partial charge in [0.15, 0.2) is 11.6 Å². The molecule has 1 aromatic carbocycles. The molecule has 0 N–H and O–H groups in total. The molecule has 0 amide bonds. The lowest BCUT2D eigenvalue weighted by atomic mass is 10.3. The van der Waals surface area contributed by atoms with Crippen molar-refractivity contribution in [2.45, 2.75) is 6.61 Å². The smallest absolute Gasteiger partial charge is 0.387 e. The minimum atomic E-state index is -3.22. The number of rotatable bonds is 2. The first-order valence-electron chi connectivity index (χ1n) is 3.10. The van der Waals surface area contributed by atoms with Crippen molar-refractivity contribution >= 4 is 11.6 Å². The Morgan fingerprint density at radius 2 is 1.85 bits per heavy atom. The highest BCUT2D eigenvalue weighted by Gasteiger charge is 2.14. The molecule has 0 bridgehead atoms. The van der Waals surface area contributed by atoms with Gasteiger partial charge in [-0.15, -0.1) is 0 Å². The maximum Gasteiger partial charge on any atom is 0.387 e. The van der Waals surface area contributed by atoms with E-state index in [0.717, 1.165) is 6.07 Å². The van der Waals surface area contributed by atoms with Gasteiger partial charge in [-0.3, -0.25) is 0 Å². The van der Waals surface area contributed by atoms with Gasteiger partial charge >= 0.3 is 6.61 Å². The molecule has 1 nitrogen and oxygen atoms in total. The Morgan fingerprint density at radius 1 is 1.23 bits per heavy atom. The molecular weight excluding hydrogens is 212 g/mol. The zero-order chi connectivity index (χ0) is 10.0. The number of ether oxygens (including phenoxy) is 1. The third kappa shape index (κ3) is 2.48. The topological polar surface area (TPSA) is 9.23 Å². The number of halogens is 5. The molecule has 0 aliphatic carbocycles. The summed E-state index contributed by atoms with van der Waals surface area (Å²) < 4.78 is 52.0. The third-order valence-electron chi connectivity index (χ3n) is 1.18. The molecule has 1 aromatic rings. The highest BCUT2D eigenvalue weighted by Crippen LogP contribution is 2.26. The first-order chi connectivity index (χ1) is 6.00. The number of alkyl halides is 2.